The molecule has 0 spiro atoms. The van der Waals surface area contributed by atoms with Crippen molar-refractivity contribution in [2.24, 2.45) is 5.92 Å². The van der Waals surface area contributed by atoms with Crippen molar-refractivity contribution in [2.45, 2.75) is 77.2 Å². The average molecular weight is 741 g/mol. The number of hydrogen-bond acceptors (Lipinski definition) is 10. The van der Waals surface area contributed by atoms with Crippen molar-refractivity contribution in [3.8, 4) is 5.75 Å². The van der Waals surface area contributed by atoms with Crippen LogP contribution in [0.2, 0.25) is 0 Å². The van der Waals surface area contributed by atoms with E-state index in [0.29, 0.717) is 17.9 Å². The van der Waals surface area contributed by atoms with Crippen LogP contribution >= 0.6 is 0 Å². The first-order valence-electron chi connectivity index (χ1n) is 17.8. The summed E-state index contributed by atoms with van der Waals surface area (Å²) in [5.74, 6) is -1.66. The average Bonchev–Trinajstić information content (AvgIpc) is 3.92. The molecule has 1 fully saturated rings. The van der Waals surface area contributed by atoms with Crippen LogP contribution in [-0.2, 0) is 16.0 Å². The van der Waals surface area contributed by atoms with E-state index >= 15 is 0 Å². The molecule has 6 amide bonds. The van der Waals surface area contributed by atoms with Crippen molar-refractivity contribution in [3.63, 3.8) is 0 Å². The fraction of sp³-hybridized carbons (Fsp3) is 0.395. The molecule has 5 atom stereocenters. The van der Waals surface area contributed by atoms with Crippen LogP contribution < -0.4 is 31.3 Å². The predicted molar refractivity (Wildman–Crippen MR) is 194 cm³/mol. The summed E-state index contributed by atoms with van der Waals surface area (Å²) in [6.07, 6.45) is 2.96. The summed E-state index contributed by atoms with van der Waals surface area (Å²) in [5.41, 5.74) is 2.03. The molecule has 0 radical (unpaired) electrons. The number of rotatable bonds is 7. The number of amides is 6. The number of carbonyl (C=O) groups is 5. The number of urea groups is 1. The Hall–Kier alpha value is -6.19. The largest absolute Gasteiger partial charge is 0.495 e. The molecule has 0 unspecified atom stereocenters. The van der Waals surface area contributed by atoms with E-state index in [1.54, 1.807) is 19.1 Å². The lowest BCUT2D eigenvalue weighted by molar-refractivity contribution is -0.126. The summed E-state index contributed by atoms with van der Waals surface area (Å²) in [7, 11) is 1.50. The minimum absolute atomic E-state index is 0.0344. The summed E-state index contributed by atoms with van der Waals surface area (Å²) in [5, 5.41) is 14.2. The highest BCUT2D eigenvalue weighted by atomic mass is 16.5. The molecular weight excluding hydrogens is 696 g/mol. The number of benzene rings is 2. The Bertz CT molecular complexity index is 2010. The monoisotopic (exact) mass is 740 g/mol. The molecule has 4 aromatic rings. The summed E-state index contributed by atoms with van der Waals surface area (Å²) in [4.78, 5) is 78.7. The topological polar surface area (TPSA) is 210 Å². The predicted octanol–water partition coefficient (Wildman–Crippen LogP) is 3.82. The second kappa shape index (κ2) is 16.2. The molecule has 0 aliphatic carbocycles. The van der Waals surface area contributed by atoms with Gasteiger partial charge in [-0.3, -0.25) is 19.2 Å². The molecule has 2 aliphatic rings. The molecule has 6 rings (SSSR count). The van der Waals surface area contributed by atoms with Crippen molar-refractivity contribution in [1.29, 1.82) is 0 Å². The molecule has 4 bridgehead atoms. The van der Waals surface area contributed by atoms with Gasteiger partial charge in [0.25, 0.3) is 11.8 Å². The van der Waals surface area contributed by atoms with Crippen molar-refractivity contribution in [3.05, 3.63) is 95.4 Å². The molecule has 16 heteroatoms. The van der Waals surface area contributed by atoms with Crippen molar-refractivity contribution in [2.75, 3.05) is 19.0 Å². The number of ether oxygens (including phenoxy) is 1. The van der Waals surface area contributed by atoms with Crippen LogP contribution in [0.15, 0.2) is 69.9 Å². The van der Waals surface area contributed by atoms with E-state index in [4.69, 9.17) is 13.6 Å². The molecule has 284 valence electrons. The van der Waals surface area contributed by atoms with Gasteiger partial charge in [0, 0.05) is 13.0 Å². The van der Waals surface area contributed by atoms with E-state index in [9.17, 15) is 24.0 Å². The van der Waals surface area contributed by atoms with Crippen LogP contribution in [0.4, 0.5) is 10.5 Å². The van der Waals surface area contributed by atoms with Gasteiger partial charge in [0.05, 0.1) is 18.8 Å². The third-order valence-corrected chi connectivity index (χ3v) is 9.25. The van der Waals surface area contributed by atoms with Crippen LogP contribution in [0.25, 0.3) is 0 Å². The highest BCUT2D eigenvalue weighted by molar-refractivity contribution is 5.98. The number of nitrogens with one attached hydrogen (secondary N) is 5. The maximum absolute atomic E-state index is 14.3. The smallest absolute Gasteiger partial charge is 0.319 e. The number of aromatic nitrogens is 2. The van der Waals surface area contributed by atoms with Gasteiger partial charge in [-0.2, -0.15) is 0 Å². The number of oxazole rings is 2. The van der Waals surface area contributed by atoms with Gasteiger partial charge in [-0.25, -0.2) is 14.8 Å². The minimum atomic E-state index is -1.07. The number of anilines is 1. The maximum Gasteiger partial charge on any atom is 0.319 e. The summed E-state index contributed by atoms with van der Waals surface area (Å²) < 4.78 is 16.8. The van der Waals surface area contributed by atoms with E-state index in [1.165, 1.54) is 24.5 Å². The Balaban J connectivity index is 1.33. The number of fused-ring (bicyclic) bond motifs is 5. The summed E-state index contributed by atoms with van der Waals surface area (Å²) in [6, 6.07) is 9.81. The zero-order valence-corrected chi connectivity index (χ0v) is 30.7. The molecule has 2 aromatic carbocycles. The van der Waals surface area contributed by atoms with Gasteiger partial charge in [0.15, 0.2) is 11.4 Å². The highest BCUT2D eigenvalue weighted by Gasteiger charge is 2.43. The van der Waals surface area contributed by atoms with Gasteiger partial charge in [-0.15, -0.1) is 0 Å². The molecule has 0 saturated carbocycles. The molecule has 2 aromatic heterocycles. The van der Waals surface area contributed by atoms with E-state index < -0.39 is 59.9 Å². The molecule has 5 N–H and O–H groups in total. The summed E-state index contributed by atoms with van der Waals surface area (Å²) >= 11 is 0. The molecule has 16 nitrogen and oxygen atoms in total. The first kappa shape index (κ1) is 37.6. The van der Waals surface area contributed by atoms with Crippen LogP contribution in [0.5, 0.6) is 5.75 Å². The first-order valence-corrected chi connectivity index (χ1v) is 17.8. The maximum atomic E-state index is 14.3. The van der Waals surface area contributed by atoms with Crippen LogP contribution in [0.3, 0.4) is 0 Å². The standard InChI is InChI=1S/C38H44N8O8/c1-20(2)13-26-32(47)39-22(4)35-44-29(19-53-35)37(50)46-17-24(40-38(51)45-25-14-21(3)11-12-31(25)52-5)16-30(46)34(49)42-27(15-23-9-7-6-8-10-23)36-43-28(18-54-36)33(48)41-26/h6-12,14,18-20,22,24,26-27,30H,13,15-17H2,1-5H3,(H,39,47)(H,41,48)(H,42,49)(H2,40,45,51)/t22-,24+,26-,27+,30+/m1/s1. The van der Waals surface area contributed by atoms with Gasteiger partial charge < -0.3 is 45.1 Å². The number of hydrogen-bond donors (Lipinski definition) is 5. The minimum Gasteiger partial charge on any atom is -0.495 e. The van der Waals surface area contributed by atoms with Crippen molar-refractivity contribution >= 4 is 35.3 Å². The Morgan fingerprint density at radius 1 is 0.944 bits per heavy atom. The lowest BCUT2D eigenvalue weighted by Gasteiger charge is -2.25. The Labute approximate surface area is 311 Å². The SMILES string of the molecule is COc1ccc(C)cc1NC(=O)N[C@H]1C[C@H]2C(=O)N[C@@H](Cc3ccccc3)c3nc(co3)C(=O)N[C@H](CC(C)C)C(=O)N[C@H](C)c3nc(co3)C(=O)N2C1. The first-order chi connectivity index (χ1) is 25.9. The zero-order chi connectivity index (χ0) is 38.5. The molecule has 54 heavy (non-hydrogen) atoms. The lowest BCUT2D eigenvalue weighted by Crippen LogP contribution is -2.48. The van der Waals surface area contributed by atoms with Gasteiger partial charge in [-0.1, -0.05) is 50.2 Å². The third-order valence-electron chi connectivity index (χ3n) is 9.25. The second-order valence-corrected chi connectivity index (χ2v) is 14.0. The van der Waals surface area contributed by atoms with Gasteiger partial charge >= 0.3 is 6.03 Å². The van der Waals surface area contributed by atoms with Crippen molar-refractivity contribution in [1.82, 2.24) is 36.1 Å². The number of carbonyl (C=O) groups excluding carboxylic acids is 5. The molecule has 2 aliphatic heterocycles. The van der Waals surface area contributed by atoms with Gasteiger partial charge in [0.1, 0.15) is 42.4 Å². The Morgan fingerprint density at radius 3 is 2.41 bits per heavy atom. The van der Waals surface area contributed by atoms with Crippen molar-refractivity contribution < 1.29 is 37.5 Å². The second-order valence-electron chi connectivity index (χ2n) is 14.0. The zero-order valence-electron chi connectivity index (χ0n) is 30.7. The Morgan fingerprint density at radius 2 is 1.67 bits per heavy atom. The lowest BCUT2D eigenvalue weighted by atomic mass is 10.0. The quantitative estimate of drug-likeness (QED) is 0.185. The third kappa shape index (κ3) is 8.70. The van der Waals surface area contributed by atoms with E-state index in [0.717, 1.165) is 11.1 Å². The van der Waals surface area contributed by atoms with Crippen LogP contribution in [0, 0.1) is 12.8 Å². The van der Waals surface area contributed by atoms with E-state index in [-0.39, 0.29) is 48.5 Å². The summed E-state index contributed by atoms with van der Waals surface area (Å²) in [6.45, 7) is 7.32. The molecular formula is C38H44N8O8. The van der Waals surface area contributed by atoms with Crippen LogP contribution in [-0.4, -0.2) is 76.3 Å². The van der Waals surface area contributed by atoms with Gasteiger partial charge in [0.2, 0.25) is 23.6 Å². The molecule has 1 saturated heterocycles. The highest BCUT2D eigenvalue weighted by Crippen LogP contribution is 2.27. The normalized spacial score (nSPS) is 22.0. The molecule has 4 heterocycles. The Kier molecular flexibility index (Phi) is 11.3. The van der Waals surface area contributed by atoms with Gasteiger partial charge in [-0.05, 0) is 55.9 Å². The fourth-order valence-corrected chi connectivity index (χ4v) is 6.59. The number of aryl methyl sites for hydroxylation is 1. The fourth-order valence-electron chi connectivity index (χ4n) is 6.59. The number of methoxy groups -OCH3 is 1. The van der Waals surface area contributed by atoms with Crippen LogP contribution in [0.1, 0.15) is 89.6 Å². The number of nitrogens with zero attached hydrogens (tertiary/aromatic N) is 3. The van der Waals surface area contributed by atoms with E-state index in [1.807, 2.05) is 57.2 Å². The van der Waals surface area contributed by atoms with E-state index in [2.05, 4.69) is 36.6 Å².